The van der Waals surface area contributed by atoms with Crippen LogP contribution in [0.1, 0.15) is 32.9 Å². The van der Waals surface area contributed by atoms with Crippen molar-refractivity contribution in [3.8, 4) is 0 Å². The van der Waals surface area contributed by atoms with Crippen LogP contribution in [0.3, 0.4) is 0 Å². The Morgan fingerprint density at radius 2 is 2.00 bits per heavy atom. The first kappa shape index (κ1) is 21.8. The van der Waals surface area contributed by atoms with E-state index >= 15 is 0 Å². The zero-order valence-electron chi connectivity index (χ0n) is 18.5. The predicted molar refractivity (Wildman–Crippen MR) is 121 cm³/mol. The number of ether oxygens (including phenoxy) is 1. The molecule has 0 saturated carbocycles. The summed E-state index contributed by atoms with van der Waals surface area (Å²) in [6.45, 7) is 6.02. The first-order chi connectivity index (χ1) is 15.9. The lowest BCUT2D eigenvalue weighted by Gasteiger charge is -2.32. The first-order valence-electron chi connectivity index (χ1n) is 11.2. The molecule has 9 heteroatoms. The van der Waals surface area contributed by atoms with Crippen LogP contribution in [0.5, 0.6) is 0 Å². The van der Waals surface area contributed by atoms with Crippen LogP contribution in [-0.4, -0.2) is 83.7 Å². The van der Waals surface area contributed by atoms with Gasteiger partial charge in [-0.25, -0.2) is 4.39 Å². The number of H-pyrrole nitrogens is 1. The van der Waals surface area contributed by atoms with E-state index in [2.05, 4.69) is 15.2 Å². The Hall–Kier alpha value is -3.01. The third-order valence-corrected chi connectivity index (χ3v) is 6.56. The Morgan fingerprint density at radius 3 is 2.79 bits per heavy atom. The number of amides is 2. The largest absolute Gasteiger partial charge is 0.390 e. The van der Waals surface area contributed by atoms with Crippen molar-refractivity contribution in [2.75, 3.05) is 51.3 Å². The number of aromatic amines is 1. The number of morpholine rings is 1. The summed E-state index contributed by atoms with van der Waals surface area (Å²) in [5.41, 5.74) is 4.24. The smallest absolute Gasteiger partial charge is 0.256 e. The van der Waals surface area contributed by atoms with Crippen molar-refractivity contribution in [1.29, 1.82) is 0 Å². The average Bonchev–Trinajstić information content (AvgIpc) is 3.27. The topological polar surface area (TPSA) is 97.9 Å². The second-order valence-electron chi connectivity index (χ2n) is 8.79. The number of β-amino-alcohol motifs (C(OH)–C–C–N with tert-alkyl or cyclic N) is 1. The van der Waals surface area contributed by atoms with E-state index in [-0.39, 0.29) is 18.4 Å². The Bertz CT molecular complexity index is 1140. The molecule has 1 saturated heterocycles. The van der Waals surface area contributed by atoms with Crippen LogP contribution < -0.4 is 5.32 Å². The summed E-state index contributed by atoms with van der Waals surface area (Å²) in [4.78, 5) is 32.8. The molecule has 0 radical (unpaired) electrons. The molecule has 3 N–H and O–H groups in total. The number of halogens is 1. The number of carbonyl (C=O) groups excluding carboxylic acids is 2. The zero-order valence-corrected chi connectivity index (χ0v) is 18.5. The normalized spacial score (nSPS) is 20.7. The number of benzene rings is 1. The van der Waals surface area contributed by atoms with E-state index in [0.29, 0.717) is 60.8 Å². The van der Waals surface area contributed by atoms with Gasteiger partial charge in [0.05, 0.1) is 30.5 Å². The Labute approximate surface area is 191 Å². The molecule has 33 heavy (non-hydrogen) atoms. The van der Waals surface area contributed by atoms with Crippen molar-refractivity contribution in [1.82, 2.24) is 14.8 Å². The summed E-state index contributed by atoms with van der Waals surface area (Å²) < 4.78 is 19.1. The van der Waals surface area contributed by atoms with E-state index in [0.717, 1.165) is 24.3 Å². The van der Waals surface area contributed by atoms with E-state index in [4.69, 9.17) is 4.74 Å². The molecule has 0 spiro atoms. The van der Waals surface area contributed by atoms with Crippen molar-refractivity contribution in [3.05, 3.63) is 52.1 Å². The third kappa shape index (κ3) is 4.19. The van der Waals surface area contributed by atoms with E-state index in [1.54, 1.807) is 17.0 Å². The number of nitrogens with one attached hydrogen (secondary N) is 2. The fraction of sp³-hybridized carbons (Fsp3) is 0.417. The number of fused-ring (bicyclic) bond motifs is 2. The molecule has 0 unspecified atom stereocenters. The number of rotatable bonds is 5. The van der Waals surface area contributed by atoms with Gasteiger partial charge in [-0.05, 0) is 36.8 Å². The molecule has 8 nitrogen and oxygen atoms in total. The molecule has 2 amide bonds. The Morgan fingerprint density at radius 1 is 1.21 bits per heavy atom. The van der Waals surface area contributed by atoms with E-state index < -0.39 is 11.9 Å². The van der Waals surface area contributed by atoms with Crippen molar-refractivity contribution in [2.45, 2.75) is 19.4 Å². The maximum atomic E-state index is 13.8. The third-order valence-electron chi connectivity index (χ3n) is 6.56. The van der Waals surface area contributed by atoms with Crippen LogP contribution in [0, 0.1) is 12.7 Å². The van der Waals surface area contributed by atoms with Crippen LogP contribution in [0.4, 0.5) is 10.1 Å². The minimum absolute atomic E-state index is 0.127. The maximum Gasteiger partial charge on any atom is 0.256 e. The number of hydrogen-bond donors (Lipinski definition) is 3. The summed E-state index contributed by atoms with van der Waals surface area (Å²) >= 11 is 0. The molecule has 0 aliphatic carbocycles. The van der Waals surface area contributed by atoms with Crippen LogP contribution in [-0.2, 0) is 16.0 Å². The molecule has 1 fully saturated rings. The SMILES string of the molecule is Cc1c(C=C2C(=O)Nc3ccc(F)cc32)[nH]c2c1C(=O)N(C[C@@H](O)CN1CCOCC1)CC2. The molecule has 1 atom stereocenters. The van der Waals surface area contributed by atoms with Crippen LogP contribution >= 0.6 is 0 Å². The van der Waals surface area contributed by atoms with Gasteiger partial charge in [0, 0.05) is 61.8 Å². The maximum absolute atomic E-state index is 13.8. The number of aromatic nitrogens is 1. The van der Waals surface area contributed by atoms with Crippen LogP contribution in [0.2, 0.25) is 0 Å². The van der Waals surface area contributed by atoms with Gasteiger partial charge in [-0.1, -0.05) is 0 Å². The molecular formula is C24H27FN4O4. The van der Waals surface area contributed by atoms with Gasteiger partial charge in [0.25, 0.3) is 11.8 Å². The van der Waals surface area contributed by atoms with Gasteiger partial charge in [-0.3, -0.25) is 14.5 Å². The minimum atomic E-state index is -0.636. The summed E-state index contributed by atoms with van der Waals surface area (Å²) in [5, 5.41) is 13.3. The van der Waals surface area contributed by atoms with Crippen molar-refractivity contribution in [2.24, 2.45) is 0 Å². The van der Waals surface area contributed by atoms with Crippen LogP contribution in [0.25, 0.3) is 11.6 Å². The summed E-state index contributed by atoms with van der Waals surface area (Å²) in [6, 6.07) is 4.18. The predicted octanol–water partition coefficient (Wildman–Crippen LogP) is 1.65. The number of anilines is 1. The number of carbonyl (C=O) groups is 2. The van der Waals surface area contributed by atoms with Gasteiger partial charge in [-0.15, -0.1) is 0 Å². The van der Waals surface area contributed by atoms with Gasteiger partial charge < -0.3 is 25.0 Å². The monoisotopic (exact) mass is 454 g/mol. The fourth-order valence-electron chi connectivity index (χ4n) is 4.82. The molecule has 3 aliphatic heterocycles. The quantitative estimate of drug-likeness (QED) is 0.597. The van der Waals surface area contributed by atoms with Gasteiger partial charge in [0.1, 0.15) is 5.82 Å². The van der Waals surface area contributed by atoms with Gasteiger partial charge in [0.15, 0.2) is 0 Å². The highest BCUT2D eigenvalue weighted by Crippen LogP contribution is 2.35. The first-order valence-corrected chi connectivity index (χ1v) is 11.2. The number of nitrogens with zero attached hydrogens (tertiary/aromatic N) is 2. The summed E-state index contributed by atoms with van der Waals surface area (Å²) in [7, 11) is 0. The molecule has 1 aromatic heterocycles. The molecule has 4 heterocycles. The summed E-state index contributed by atoms with van der Waals surface area (Å²) in [5.74, 6) is -0.847. The highest BCUT2D eigenvalue weighted by Gasteiger charge is 2.32. The molecule has 5 rings (SSSR count). The lowest BCUT2D eigenvalue weighted by atomic mass is 10.0. The molecular weight excluding hydrogens is 427 g/mol. The minimum Gasteiger partial charge on any atom is -0.390 e. The van der Waals surface area contributed by atoms with Gasteiger partial charge >= 0.3 is 0 Å². The molecule has 0 bridgehead atoms. The standard InChI is InChI=1S/C24H27FN4O4/c1-14-21(11-18-17-10-15(25)2-3-19(17)27-23(18)31)26-20-4-5-29(24(32)22(14)20)13-16(30)12-28-6-8-33-9-7-28/h2-3,10-11,16,26,30H,4-9,12-13H2,1H3,(H,27,31)/t16-/m0/s1. The highest BCUT2D eigenvalue weighted by molar-refractivity contribution is 6.34. The fourth-order valence-corrected chi connectivity index (χ4v) is 4.82. The lowest BCUT2D eigenvalue weighted by molar-refractivity contribution is -0.110. The van der Waals surface area contributed by atoms with Crippen molar-refractivity contribution in [3.63, 3.8) is 0 Å². The van der Waals surface area contributed by atoms with Crippen molar-refractivity contribution >= 4 is 29.2 Å². The van der Waals surface area contributed by atoms with Crippen molar-refractivity contribution < 1.29 is 23.8 Å². The molecule has 2 aromatic rings. The van der Waals surface area contributed by atoms with E-state index in [1.165, 1.54) is 12.1 Å². The van der Waals surface area contributed by atoms with Gasteiger partial charge in [0.2, 0.25) is 0 Å². The summed E-state index contributed by atoms with van der Waals surface area (Å²) in [6.07, 6.45) is 1.68. The molecule has 3 aliphatic rings. The molecule has 174 valence electrons. The Balaban J connectivity index is 1.35. The molecule has 1 aromatic carbocycles. The number of aliphatic hydroxyl groups is 1. The Kier molecular flexibility index (Phi) is 5.77. The second-order valence-corrected chi connectivity index (χ2v) is 8.79. The second kappa shape index (κ2) is 8.74. The lowest BCUT2D eigenvalue weighted by Crippen LogP contribution is -2.47. The van der Waals surface area contributed by atoms with E-state index in [1.807, 2.05) is 6.92 Å². The zero-order chi connectivity index (χ0) is 23.1. The number of hydrogen-bond acceptors (Lipinski definition) is 5. The average molecular weight is 455 g/mol. The van der Waals surface area contributed by atoms with Gasteiger partial charge in [-0.2, -0.15) is 0 Å². The number of aliphatic hydroxyl groups excluding tert-OH is 1. The van der Waals surface area contributed by atoms with Crippen LogP contribution in [0.15, 0.2) is 18.2 Å². The highest BCUT2D eigenvalue weighted by atomic mass is 19.1. The van der Waals surface area contributed by atoms with E-state index in [9.17, 15) is 19.1 Å².